The molecule has 1 aromatic heterocycles. The number of benzene rings is 3. The van der Waals surface area contributed by atoms with Gasteiger partial charge in [-0.2, -0.15) is 0 Å². The van der Waals surface area contributed by atoms with Crippen molar-refractivity contribution in [2.45, 2.75) is 72.1 Å². The average Bonchev–Trinajstić information content (AvgIpc) is 3.61. The van der Waals surface area contributed by atoms with Crippen LogP contribution in [-0.2, 0) is 16.6 Å². The molecule has 0 fully saturated rings. The van der Waals surface area contributed by atoms with E-state index in [1.165, 1.54) is 5.56 Å². The molecule has 4 bridgehead atoms. The minimum atomic E-state index is -0.746. The largest absolute Gasteiger partial charge is 0.469 e. The summed E-state index contributed by atoms with van der Waals surface area (Å²) in [7, 11) is 0. The summed E-state index contributed by atoms with van der Waals surface area (Å²) in [6, 6.07) is 17.8. The highest BCUT2D eigenvalue weighted by atomic mass is 16.5. The summed E-state index contributed by atoms with van der Waals surface area (Å²) in [6.07, 6.45) is 0.107. The van der Waals surface area contributed by atoms with Gasteiger partial charge < -0.3 is 19.8 Å². The van der Waals surface area contributed by atoms with Crippen LogP contribution < -0.4 is 15.4 Å². The van der Waals surface area contributed by atoms with Gasteiger partial charge in [0.15, 0.2) is 12.0 Å². The van der Waals surface area contributed by atoms with Crippen LogP contribution in [0.3, 0.4) is 0 Å². The third-order valence-corrected chi connectivity index (χ3v) is 9.68. The van der Waals surface area contributed by atoms with Gasteiger partial charge in [-0.1, -0.05) is 44.2 Å². The Bertz CT molecular complexity index is 1780. The summed E-state index contributed by atoms with van der Waals surface area (Å²) in [4.78, 5) is 32.6. The molecule has 2 N–H and O–H groups in total. The highest BCUT2D eigenvalue weighted by Crippen LogP contribution is 2.58. The van der Waals surface area contributed by atoms with E-state index in [9.17, 15) is 9.59 Å². The first kappa shape index (κ1) is 27.4. The van der Waals surface area contributed by atoms with Crippen LogP contribution in [0.1, 0.15) is 87.4 Å². The zero-order valence-electron chi connectivity index (χ0n) is 25.5. The van der Waals surface area contributed by atoms with Crippen LogP contribution in [0.2, 0.25) is 0 Å². The molecule has 43 heavy (non-hydrogen) atoms. The van der Waals surface area contributed by atoms with E-state index in [2.05, 4.69) is 35.8 Å². The van der Waals surface area contributed by atoms with E-state index < -0.39 is 23.6 Å². The molecule has 4 heterocycles. The Morgan fingerprint density at radius 2 is 1.74 bits per heavy atom. The molecule has 3 aromatic carbocycles. The lowest BCUT2D eigenvalue weighted by Gasteiger charge is -2.28. The maximum Gasteiger partial charge on any atom is 0.224 e. The highest BCUT2D eigenvalue weighted by molar-refractivity contribution is 5.99. The van der Waals surface area contributed by atoms with Crippen LogP contribution in [0.4, 0.5) is 5.69 Å². The van der Waals surface area contributed by atoms with E-state index in [4.69, 9.17) is 14.1 Å². The van der Waals surface area contributed by atoms with Crippen molar-refractivity contribution in [3.63, 3.8) is 0 Å². The molecule has 7 heteroatoms. The minimum Gasteiger partial charge on any atom is -0.469 e. The van der Waals surface area contributed by atoms with Crippen molar-refractivity contribution in [2.24, 2.45) is 11.8 Å². The van der Waals surface area contributed by atoms with Gasteiger partial charge in [0.25, 0.3) is 0 Å². The van der Waals surface area contributed by atoms with Gasteiger partial charge >= 0.3 is 0 Å². The van der Waals surface area contributed by atoms with E-state index in [1.54, 1.807) is 0 Å². The predicted octanol–water partition coefficient (Wildman–Crippen LogP) is 6.65. The number of oxazole rings is 1. The fourth-order valence-electron chi connectivity index (χ4n) is 7.13. The molecule has 1 spiro atoms. The number of carbonyl (C=O) groups is 2. The maximum atomic E-state index is 14.0. The summed E-state index contributed by atoms with van der Waals surface area (Å²) >= 11 is 0. The minimum absolute atomic E-state index is 0.00652. The van der Waals surface area contributed by atoms with E-state index in [0.717, 1.165) is 50.7 Å². The fourth-order valence-corrected chi connectivity index (χ4v) is 7.13. The Morgan fingerprint density at radius 3 is 2.49 bits per heavy atom. The topological polar surface area (TPSA) is 93.5 Å². The van der Waals surface area contributed by atoms with E-state index in [-0.39, 0.29) is 24.0 Å². The molecule has 1 unspecified atom stereocenters. The van der Waals surface area contributed by atoms with Crippen LogP contribution >= 0.6 is 0 Å². The molecule has 4 atom stereocenters. The first-order chi connectivity index (χ1) is 20.6. The van der Waals surface area contributed by atoms with Gasteiger partial charge in [-0.15, -0.1) is 0 Å². The number of fused-ring (bicyclic) bond motifs is 4. The molecule has 3 aliphatic rings. The number of Topliss-reactive ketones (excluding diaryl/α,β-unsaturated/α-hetero) is 1. The van der Waals surface area contributed by atoms with E-state index in [1.807, 2.05) is 71.0 Å². The molecule has 0 saturated heterocycles. The molecular formula is C36H37N3O4. The van der Waals surface area contributed by atoms with Gasteiger partial charge in [0, 0.05) is 29.2 Å². The first-order valence-corrected chi connectivity index (χ1v) is 15.1. The summed E-state index contributed by atoms with van der Waals surface area (Å²) < 4.78 is 13.3. The Kier molecular flexibility index (Phi) is 6.27. The summed E-state index contributed by atoms with van der Waals surface area (Å²) in [6.45, 7) is 12.2. The van der Waals surface area contributed by atoms with Crippen LogP contribution in [0.15, 0.2) is 59.0 Å². The summed E-state index contributed by atoms with van der Waals surface area (Å²) in [5, 5.41) is 6.82. The van der Waals surface area contributed by atoms with E-state index in [0.29, 0.717) is 17.9 Å². The molecular weight excluding hydrogens is 538 g/mol. The highest BCUT2D eigenvalue weighted by Gasteiger charge is 2.60. The number of carbonyl (C=O) groups excluding carboxylic acids is 2. The maximum absolute atomic E-state index is 14.0. The van der Waals surface area contributed by atoms with Gasteiger partial charge in [0.2, 0.25) is 11.8 Å². The van der Waals surface area contributed by atoms with Crippen molar-refractivity contribution in [3.05, 3.63) is 111 Å². The average molecular weight is 576 g/mol. The third-order valence-electron chi connectivity index (χ3n) is 9.68. The number of anilines is 1. The zero-order chi connectivity index (χ0) is 30.2. The van der Waals surface area contributed by atoms with E-state index >= 15 is 0 Å². The van der Waals surface area contributed by atoms with Gasteiger partial charge in [-0.05, 0) is 92.1 Å². The Balaban J connectivity index is 1.38. The number of amides is 1. The van der Waals surface area contributed by atoms with Gasteiger partial charge in [-0.3, -0.25) is 9.59 Å². The van der Waals surface area contributed by atoms with Gasteiger partial charge in [-0.25, -0.2) is 4.98 Å². The Labute approximate surface area is 252 Å². The van der Waals surface area contributed by atoms with Crippen molar-refractivity contribution in [1.82, 2.24) is 10.3 Å². The molecule has 220 valence electrons. The van der Waals surface area contributed by atoms with Crippen LogP contribution in [0, 0.1) is 39.5 Å². The second kappa shape index (κ2) is 9.83. The number of hydrogen-bond acceptors (Lipinski definition) is 6. The number of aromatic nitrogens is 1. The van der Waals surface area contributed by atoms with Crippen LogP contribution in [-0.4, -0.2) is 22.9 Å². The second-order valence-electron chi connectivity index (χ2n) is 12.8. The molecule has 7 nitrogen and oxygen atoms in total. The number of hydrogen-bond donors (Lipinski definition) is 2. The van der Waals surface area contributed by atoms with Crippen molar-refractivity contribution >= 4 is 17.4 Å². The molecule has 0 saturated carbocycles. The lowest BCUT2D eigenvalue weighted by Crippen LogP contribution is -2.40. The molecule has 0 radical (unpaired) electrons. The number of nitrogens with one attached hydrogen (secondary N) is 2. The Hall–Kier alpha value is -4.39. The standard InChI is InChI=1S/C36H37N3O4/c1-18(2)31-34-37-22(6)32(43-34)36-26-9-7-8-10-28(26)38-35(36)42-30-12-11-23(16-27(30)36)15-25(33(41)39-31)17-29(40)24-13-19(3)21(5)20(4)14-24/h7-14,16,18,25,31,35,38H,15,17H2,1-6H3,(H,39,41)/t25-,31+,35+,36?/m1/s1. The zero-order valence-corrected chi connectivity index (χ0v) is 25.5. The molecule has 0 aliphatic carbocycles. The third kappa shape index (κ3) is 4.12. The molecule has 7 rings (SSSR count). The van der Waals surface area contributed by atoms with Crippen molar-refractivity contribution in [1.29, 1.82) is 0 Å². The van der Waals surface area contributed by atoms with Gasteiger partial charge in [0.05, 0.1) is 5.69 Å². The number of rotatable bonds is 4. The lowest BCUT2D eigenvalue weighted by atomic mass is 9.72. The smallest absolute Gasteiger partial charge is 0.224 e. The van der Waals surface area contributed by atoms with Gasteiger partial charge in [0.1, 0.15) is 23.0 Å². The predicted molar refractivity (Wildman–Crippen MR) is 165 cm³/mol. The monoisotopic (exact) mass is 575 g/mol. The van der Waals surface area contributed by atoms with Crippen LogP contribution in [0.25, 0.3) is 0 Å². The number of para-hydroxylation sites is 1. The molecule has 1 amide bonds. The number of aryl methyl sites for hydroxylation is 3. The normalized spacial score (nSPS) is 23.4. The van der Waals surface area contributed by atoms with Crippen LogP contribution in [0.5, 0.6) is 5.75 Å². The van der Waals surface area contributed by atoms with Crippen molar-refractivity contribution in [2.75, 3.05) is 5.32 Å². The lowest BCUT2D eigenvalue weighted by molar-refractivity contribution is -0.126. The van der Waals surface area contributed by atoms with Crippen molar-refractivity contribution in [3.8, 4) is 5.75 Å². The Morgan fingerprint density at radius 1 is 1.00 bits per heavy atom. The SMILES string of the molecule is Cc1cc(C(=O)C[C@H]2Cc3ccc4c(c3)C3(c5ccccc5N[C@H]3O4)c3oc(nc3C)[C@H](C(C)C)NC2=O)cc(C)c1C. The quantitative estimate of drug-likeness (QED) is 0.265. The molecule has 4 aromatic rings. The summed E-state index contributed by atoms with van der Waals surface area (Å²) in [5.74, 6) is 1.17. The van der Waals surface area contributed by atoms with Crippen molar-refractivity contribution < 1.29 is 18.7 Å². The fraction of sp³-hybridized carbons (Fsp3) is 0.361. The number of ether oxygens (including phenoxy) is 1. The summed E-state index contributed by atoms with van der Waals surface area (Å²) in [5.41, 5.74) is 8.00. The number of nitrogens with zero attached hydrogens (tertiary/aromatic N) is 1. The number of ketones is 1. The first-order valence-electron chi connectivity index (χ1n) is 15.1. The second-order valence-corrected chi connectivity index (χ2v) is 12.8. The molecule has 3 aliphatic heterocycles.